The van der Waals surface area contributed by atoms with Gasteiger partial charge in [-0.25, -0.2) is 4.79 Å². The van der Waals surface area contributed by atoms with Crippen LogP contribution in [0.15, 0.2) is 66.7 Å². The molecule has 294 valence electrons. The van der Waals surface area contributed by atoms with Crippen molar-refractivity contribution in [1.82, 2.24) is 20.9 Å². The van der Waals surface area contributed by atoms with E-state index >= 15 is 0 Å². The van der Waals surface area contributed by atoms with Gasteiger partial charge in [-0.05, 0) is 95.1 Å². The zero-order valence-electron chi connectivity index (χ0n) is 34.3. The van der Waals surface area contributed by atoms with Crippen molar-refractivity contribution in [3.63, 3.8) is 0 Å². The molecule has 2 aromatic rings. The number of rotatable bonds is 16. The summed E-state index contributed by atoms with van der Waals surface area (Å²) in [5.74, 6) is -0.885. The first-order chi connectivity index (χ1) is 24.8. The van der Waals surface area contributed by atoms with Gasteiger partial charge >= 0.3 is 6.09 Å². The van der Waals surface area contributed by atoms with Crippen LogP contribution in [0.2, 0.25) is 18.1 Å². The maximum atomic E-state index is 14.6. The topological polar surface area (TPSA) is 109 Å². The molecule has 1 fully saturated rings. The lowest BCUT2D eigenvalue weighted by atomic mass is 9.89. The molecule has 1 heterocycles. The van der Waals surface area contributed by atoms with E-state index in [0.717, 1.165) is 24.0 Å². The summed E-state index contributed by atoms with van der Waals surface area (Å²) in [6, 6.07) is 19.3. The number of likely N-dealkylation sites (tertiary alicyclic amines) is 1. The zero-order chi connectivity index (χ0) is 39.4. The Hall–Kier alpha value is -3.47. The van der Waals surface area contributed by atoms with Gasteiger partial charge in [-0.3, -0.25) is 9.59 Å². The summed E-state index contributed by atoms with van der Waals surface area (Å²) < 4.78 is 13.0. The number of hydrogen-bond donors (Lipinski definition) is 3. The molecule has 1 saturated heterocycles. The number of allylic oxidation sites excluding steroid dienone is 1. The molecule has 3 N–H and O–H groups in total. The molecule has 1 aliphatic rings. The average Bonchev–Trinajstić information content (AvgIpc) is 3.08. The molecule has 3 rings (SSSR count). The lowest BCUT2D eigenvalue weighted by Gasteiger charge is -2.42. The fourth-order valence-electron chi connectivity index (χ4n) is 6.35. The van der Waals surface area contributed by atoms with Gasteiger partial charge in [0.15, 0.2) is 8.32 Å². The van der Waals surface area contributed by atoms with E-state index in [9.17, 15) is 14.4 Å². The number of carbonyl (C=O) groups excluding carboxylic acids is 3. The van der Waals surface area contributed by atoms with Crippen LogP contribution in [-0.4, -0.2) is 81.1 Å². The highest BCUT2D eigenvalue weighted by molar-refractivity contribution is 6.74. The summed E-state index contributed by atoms with van der Waals surface area (Å²) in [7, 11) is -0.479. The molecule has 0 radical (unpaired) electrons. The van der Waals surface area contributed by atoms with Gasteiger partial charge in [0.1, 0.15) is 11.6 Å². The van der Waals surface area contributed by atoms with Crippen molar-refractivity contribution in [3.8, 4) is 0 Å². The van der Waals surface area contributed by atoms with Gasteiger partial charge in [-0.2, -0.15) is 0 Å². The number of piperidine rings is 1. The lowest BCUT2D eigenvalue weighted by Crippen LogP contribution is -2.56. The predicted molar refractivity (Wildman–Crippen MR) is 219 cm³/mol. The molecule has 3 amide bonds. The summed E-state index contributed by atoms with van der Waals surface area (Å²) in [6.45, 7) is 21.8. The van der Waals surface area contributed by atoms with Crippen LogP contribution in [0.3, 0.4) is 0 Å². The van der Waals surface area contributed by atoms with E-state index < -0.39 is 44.1 Å². The number of alkyl carbamates (subject to hydrolysis) is 1. The van der Waals surface area contributed by atoms with E-state index in [1.807, 2.05) is 119 Å². The molecule has 0 aliphatic carbocycles. The second-order valence-corrected chi connectivity index (χ2v) is 22.2. The molecule has 4 atom stereocenters. The highest BCUT2D eigenvalue weighted by atomic mass is 28.4. The van der Waals surface area contributed by atoms with Gasteiger partial charge in [0.05, 0.1) is 12.1 Å². The van der Waals surface area contributed by atoms with E-state index in [1.54, 1.807) is 0 Å². The van der Waals surface area contributed by atoms with Gasteiger partial charge < -0.3 is 30.0 Å². The lowest BCUT2D eigenvalue weighted by molar-refractivity contribution is -0.139. The molecule has 0 bridgehead atoms. The first-order valence-corrected chi connectivity index (χ1v) is 22.4. The van der Waals surface area contributed by atoms with Gasteiger partial charge in [-0.1, -0.05) is 107 Å². The predicted octanol–water partition coefficient (Wildman–Crippen LogP) is 7.97. The molecular weight excluding hydrogens is 681 g/mol. The number of nitrogens with one attached hydrogen (secondary N) is 3. The number of hydrogen-bond acceptors (Lipinski definition) is 6. The molecule has 0 aromatic heterocycles. The number of ether oxygens (including phenoxy) is 1. The van der Waals surface area contributed by atoms with Crippen molar-refractivity contribution >= 4 is 32.3 Å². The summed E-state index contributed by atoms with van der Waals surface area (Å²) in [4.78, 5) is 43.9. The van der Waals surface area contributed by atoms with Crippen LogP contribution in [0, 0.1) is 11.8 Å². The van der Waals surface area contributed by atoms with Crippen molar-refractivity contribution in [2.75, 3.05) is 20.1 Å². The van der Waals surface area contributed by atoms with Crippen LogP contribution in [0.1, 0.15) is 92.2 Å². The van der Waals surface area contributed by atoms with Crippen LogP contribution in [0.4, 0.5) is 4.79 Å². The van der Waals surface area contributed by atoms with Crippen molar-refractivity contribution < 1.29 is 23.5 Å². The Kier molecular flexibility index (Phi) is 16.4. The molecule has 4 unspecified atom stereocenters. The van der Waals surface area contributed by atoms with E-state index in [-0.39, 0.29) is 22.8 Å². The van der Waals surface area contributed by atoms with Crippen LogP contribution < -0.4 is 16.0 Å². The Balaban J connectivity index is 2.04. The van der Waals surface area contributed by atoms with Crippen LogP contribution in [0.5, 0.6) is 0 Å². The van der Waals surface area contributed by atoms with Crippen molar-refractivity contribution in [1.29, 1.82) is 0 Å². The maximum Gasteiger partial charge on any atom is 0.407 e. The number of benzene rings is 2. The van der Waals surface area contributed by atoms with E-state index in [0.29, 0.717) is 38.4 Å². The molecule has 9 nitrogen and oxygen atoms in total. The quantitative estimate of drug-likeness (QED) is 0.150. The Bertz CT molecular complexity index is 1460. The molecule has 2 aromatic carbocycles. The summed E-state index contributed by atoms with van der Waals surface area (Å²) >= 11 is 0. The van der Waals surface area contributed by atoms with Gasteiger partial charge in [-0.15, -0.1) is 0 Å². The maximum absolute atomic E-state index is 14.6. The molecule has 1 aliphatic heterocycles. The first kappa shape index (κ1) is 43.9. The normalized spacial score (nSPS) is 16.9. The zero-order valence-corrected chi connectivity index (χ0v) is 35.3. The number of carbonyl (C=O) groups is 3. The van der Waals surface area contributed by atoms with Gasteiger partial charge in [0, 0.05) is 25.0 Å². The molecule has 53 heavy (non-hydrogen) atoms. The van der Waals surface area contributed by atoms with Crippen LogP contribution in [-0.2, 0) is 25.2 Å². The summed E-state index contributed by atoms with van der Waals surface area (Å²) in [5, 5.41) is 9.58. The molecule has 0 saturated carbocycles. The third-order valence-electron chi connectivity index (χ3n) is 10.6. The van der Waals surface area contributed by atoms with Crippen molar-refractivity contribution in [3.05, 3.63) is 77.9 Å². The monoisotopic (exact) mass is 748 g/mol. The smallest absolute Gasteiger partial charge is 0.407 e. The number of amides is 3. The minimum absolute atomic E-state index is 0.0379. The van der Waals surface area contributed by atoms with Crippen LogP contribution in [0.25, 0.3) is 6.08 Å². The Morgan fingerprint density at radius 3 is 2.02 bits per heavy atom. The first-order valence-electron chi connectivity index (χ1n) is 19.5. The second-order valence-electron chi connectivity index (χ2n) is 17.5. The number of nitrogens with zero attached hydrogens (tertiary/aromatic N) is 1. The molecular formula is C43H68N4O5Si. The molecule has 10 heteroatoms. The summed E-state index contributed by atoms with van der Waals surface area (Å²) in [6.07, 6.45) is 6.02. The van der Waals surface area contributed by atoms with E-state index in [2.05, 4.69) is 49.8 Å². The Morgan fingerprint density at radius 1 is 0.906 bits per heavy atom. The SMILES string of the molecule is CNC1CCN(C(=O)C(NC(=O)C(CC=Cc2ccccc2)CC(O[Si](C)(C)C(C)(C)C)C(Cc2ccccc2)NC(=O)OC(C)(C)C)C(C)C)CC1. The second kappa shape index (κ2) is 19.7. The van der Waals surface area contributed by atoms with E-state index in [4.69, 9.17) is 9.16 Å². The Morgan fingerprint density at radius 2 is 1.49 bits per heavy atom. The fourth-order valence-corrected chi connectivity index (χ4v) is 7.72. The fraction of sp³-hybridized carbons (Fsp3) is 0.605. The summed E-state index contributed by atoms with van der Waals surface area (Å²) in [5.41, 5.74) is 1.38. The van der Waals surface area contributed by atoms with Gasteiger partial charge in [0.25, 0.3) is 0 Å². The average molecular weight is 749 g/mol. The standard InChI is InChI=1S/C43H68N4O5Si/c1-31(2)38(40(49)47-27-25-35(44-9)26-28-47)46-39(48)34(24-18-23-32-19-14-12-15-20-32)30-37(52-53(10,11)43(6,7)8)36(29-33-21-16-13-17-22-33)45-41(50)51-42(3,4)5/h12-23,31,34-38,44H,24-30H2,1-11H3,(H,45,50)(H,46,48). The molecule has 0 spiro atoms. The van der Waals surface area contributed by atoms with Crippen molar-refractivity contribution in [2.24, 2.45) is 11.8 Å². The van der Waals surface area contributed by atoms with Crippen molar-refractivity contribution in [2.45, 2.75) is 135 Å². The minimum Gasteiger partial charge on any atom is -0.444 e. The largest absolute Gasteiger partial charge is 0.444 e. The third-order valence-corrected chi connectivity index (χ3v) is 15.1. The van der Waals surface area contributed by atoms with Gasteiger partial charge in [0.2, 0.25) is 11.8 Å². The highest BCUT2D eigenvalue weighted by Crippen LogP contribution is 2.39. The van der Waals surface area contributed by atoms with E-state index in [1.165, 1.54) is 0 Å². The van der Waals surface area contributed by atoms with Crippen LogP contribution >= 0.6 is 0 Å². The Labute approximate surface area is 321 Å². The third kappa shape index (κ3) is 14.4. The highest BCUT2D eigenvalue weighted by Gasteiger charge is 2.43. The minimum atomic E-state index is -2.44.